The fraction of sp³-hybridized carbons (Fsp3) is 0.333. The molecule has 0 saturated carbocycles. The normalized spacial score (nSPS) is 12.1. The number of benzene rings is 3. The zero-order chi connectivity index (χ0) is 26.5. The molecule has 4 rings (SSSR count). The smallest absolute Gasteiger partial charge is 0.249 e. The molecule has 0 aliphatic rings. The van der Waals surface area contributed by atoms with Crippen LogP contribution >= 0.6 is 0 Å². The Bertz CT molecular complexity index is 1370. The lowest BCUT2D eigenvalue weighted by molar-refractivity contribution is -0.127. The molecule has 192 valence electrons. The minimum Gasteiger partial charge on any atom is -0.354 e. The van der Waals surface area contributed by atoms with Crippen LogP contribution in [-0.2, 0) is 16.1 Å². The number of nitrogens with zero attached hydrogens (tertiary/aromatic N) is 4. The second-order valence-corrected chi connectivity index (χ2v) is 10.1. The van der Waals surface area contributed by atoms with Gasteiger partial charge >= 0.3 is 0 Å². The molecule has 0 spiro atoms. The summed E-state index contributed by atoms with van der Waals surface area (Å²) in [5, 5.41) is 11.5. The molecular weight excluding hydrogens is 462 g/mol. The maximum absolute atomic E-state index is 14.1. The summed E-state index contributed by atoms with van der Waals surface area (Å²) in [7, 11) is 0. The molecule has 1 atom stereocenters. The Kier molecular flexibility index (Phi) is 8.01. The van der Waals surface area contributed by atoms with E-state index in [9.17, 15) is 9.59 Å². The fourth-order valence-electron chi connectivity index (χ4n) is 4.51. The molecule has 37 heavy (non-hydrogen) atoms. The van der Waals surface area contributed by atoms with Gasteiger partial charge in [0.2, 0.25) is 11.8 Å². The predicted molar refractivity (Wildman–Crippen MR) is 147 cm³/mol. The largest absolute Gasteiger partial charge is 0.354 e. The molecule has 0 aliphatic heterocycles. The van der Waals surface area contributed by atoms with Gasteiger partial charge in [0.05, 0.1) is 5.52 Å². The molecular formula is C30H35N5O2. The molecule has 1 N–H and O–H groups in total. The minimum absolute atomic E-state index is 0.0465. The van der Waals surface area contributed by atoms with Crippen LogP contribution in [0.5, 0.6) is 0 Å². The third kappa shape index (κ3) is 6.23. The number of rotatable bonds is 9. The predicted octanol–water partition coefficient (Wildman–Crippen LogP) is 5.29. The number of aryl methyl sites for hydroxylation is 3. The van der Waals surface area contributed by atoms with Crippen molar-refractivity contribution in [1.29, 1.82) is 0 Å². The number of carbonyl (C=O) groups is 2. The molecule has 0 aliphatic carbocycles. The maximum Gasteiger partial charge on any atom is 0.249 e. The molecule has 2 amide bonds. The first-order valence-electron chi connectivity index (χ1n) is 12.8. The van der Waals surface area contributed by atoms with Crippen LogP contribution in [0.25, 0.3) is 11.0 Å². The number of hydrogen-bond donors (Lipinski definition) is 1. The van der Waals surface area contributed by atoms with Gasteiger partial charge in [0.1, 0.15) is 18.1 Å². The van der Waals surface area contributed by atoms with Gasteiger partial charge in [-0.3, -0.25) is 14.5 Å². The summed E-state index contributed by atoms with van der Waals surface area (Å²) in [5.41, 5.74) is 6.03. The summed E-state index contributed by atoms with van der Waals surface area (Å²) in [6.45, 7) is 10.7. The lowest BCUT2D eigenvalue weighted by Gasteiger charge is -2.32. The highest BCUT2D eigenvalue weighted by Crippen LogP contribution is 2.30. The molecule has 0 bridgehead atoms. The van der Waals surface area contributed by atoms with Gasteiger partial charge in [-0.1, -0.05) is 67.1 Å². The van der Waals surface area contributed by atoms with Crippen LogP contribution in [0.3, 0.4) is 0 Å². The molecule has 1 aromatic heterocycles. The lowest BCUT2D eigenvalue weighted by Crippen LogP contribution is -2.45. The van der Waals surface area contributed by atoms with Crippen molar-refractivity contribution in [2.45, 2.75) is 53.6 Å². The van der Waals surface area contributed by atoms with Crippen molar-refractivity contribution >= 4 is 28.5 Å². The van der Waals surface area contributed by atoms with E-state index < -0.39 is 6.04 Å². The lowest BCUT2D eigenvalue weighted by atomic mass is 10.0. The van der Waals surface area contributed by atoms with Crippen molar-refractivity contribution in [3.63, 3.8) is 0 Å². The monoisotopic (exact) mass is 497 g/mol. The van der Waals surface area contributed by atoms with Crippen LogP contribution in [0.4, 0.5) is 5.69 Å². The molecule has 4 aromatic rings. The van der Waals surface area contributed by atoms with Crippen molar-refractivity contribution in [2.24, 2.45) is 5.92 Å². The highest BCUT2D eigenvalue weighted by atomic mass is 16.2. The van der Waals surface area contributed by atoms with E-state index >= 15 is 0 Å². The number of carbonyl (C=O) groups excluding carboxylic acids is 2. The number of amides is 2. The number of para-hydroxylation sites is 1. The zero-order valence-electron chi connectivity index (χ0n) is 22.2. The Balaban J connectivity index is 1.79. The third-order valence-electron chi connectivity index (χ3n) is 6.38. The third-order valence-corrected chi connectivity index (χ3v) is 6.38. The molecule has 7 nitrogen and oxygen atoms in total. The van der Waals surface area contributed by atoms with Gasteiger partial charge in [0, 0.05) is 12.2 Å². The van der Waals surface area contributed by atoms with E-state index in [1.807, 2.05) is 81.4 Å². The summed E-state index contributed by atoms with van der Waals surface area (Å²) < 4.78 is 1.59. The van der Waals surface area contributed by atoms with Crippen LogP contribution in [-0.4, -0.2) is 33.4 Å². The fourth-order valence-corrected chi connectivity index (χ4v) is 4.51. The average Bonchev–Trinajstić information content (AvgIpc) is 3.25. The molecule has 1 heterocycles. The Hall–Kier alpha value is -4.00. The van der Waals surface area contributed by atoms with Crippen LogP contribution in [0.15, 0.2) is 66.7 Å². The Morgan fingerprint density at radius 1 is 0.919 bits per heavy atom. The first-order valence-corrected chi connectivity index (χ1v) is 12.8. The molecule has 0 saturated heterocycles. The van der Waals surface area contributed by atoms with Crippen LogP contribution in [0.1, 0.15) is 48.6 Å². The van der Waals surface area contributed by atoms with E-state index in [0.717, 1.165) is 39.7 Å². The van der Waals surface area contributed by atoms with Crippen molar-refractivity contribution in [3.05, 3.63) is 89.0 Å². The summed E-state index contributed by atoms with van der Waals surface area (Å²) in [6, 6.07) is 20.5. The van der Waals surface area contributed by atoms with E-state index in [4.69, 9.17) is 0 Å². The summed E-state index contributed by atoms with van der Waals surface area (Å²) in [6.07, 6.45) is 0.856. The van der Waals surface area contributed by atoms with Crippen molar-refractivity contribution < 1.29 is 9.59 Å². The van der Waals surface area contributed by atoms with Gasteiger partial charge in [0.25, 0.3) is 0 Å². The number of hydrogen-bond acceptors (Lipinski definition) is 4. The number of aromatic nitrogens is 3. The molecule has 0 radical (unpaired) electrons. The van der Waals surface area contributed by atoms with Gasteiger partial charge in [0.15, 0.2) is 0 Å². The molecule has 7 heteroatoms. The highest BCUT2D eigenvalue weighted by molar-refractivity contribution is 6.01. The second-order valence-electron chi connectivity index (χ2n) is 10.1. The quantitative estimate of drug-likeness (QED) is 0.341. The highest BCUT2D eigenvalue weighted by Gasteiger charge is 2.33. The topological polar surface area (TPSA) is 80.1 Å². The van der Waals surface area contributed by atoms with E-state index in [0.29, 0.717) is 18.2 Å². The van der Waals surface area contributed by atoms with E-state index in [2.05, 4.69) is 35.5 Å². The van der Waals surface area contributed by atoms with Gasteiger partial charge in [-0.05, 0) is 74.1 Å². The average molecular weight is 498 g/mol. The zero-order valence-corrected chi connectivity index (χ0v) is 22.2. The first kappa shape index (κ1) is 26.1. The Morgan fingerprint density at radius 3 is 2.27 bits per heavy atom. The number of anilines is 1. The van der Waals surface area contributed by atoms with Crippen LogP contribution < -0.4 is 10.2 Å². The first-order chi connectivity index (χ1) is 17.7. The Labute approximate surface area is 218 Å². The maximum atomic E-state index is 14.1. The van der Waals surface area contributed by atoms with Gasteiger partial charge in [-0.15, -0.1) is 5.10 Å². The Morgan fingerprint density at radius 2 is 1.59 bits per heavy atom. The van der Waals surface area contributed by atoms with Gasteiger partial charge in [-0.25, -0.2) is 4.68 Å². The standard InChI is InChI=1S/C30H35N5O2/c1-20(2)14-15-31-30(37)29(24-12-10-21(3)11-13-24)35(25-17-22(4)16-23(5)18-25)28(36)19-34-27-9-7-6-8-26(27)32-33-34/h6-13,16-18,20,29H,14-15,19H2,1-5H3,(H,31,37). The van der Waals surface area contributed by atoms with E-state index in [1.54, 1.807) is 9.58 Å². The van der Waals surface area contributed by atoms with E-state index in [-0.39, 0.29) is 18.4 Å². The summed E-state index contributed by atoms with van der Waals surface area (Å²) in [4.78, 5) is 29.5. The van der Waals surface area contributed by atoms with E-state index in [1.165, 1.54) is 0 Å². The summed E-state index contributed by atoms with van der Waals surface area (Å²) in [5.74, 6) is 0.00146. The molecule has 0 fully saturated rings. The van der Waals surface area contributed by atoms with Crippen LogP contribution in [0, 0.1) is 26.7 Å². The van der Waals surface area contributed by atoms with Crippen molar-refractivity contribution in [3.8, 4) is 0 Å². The van der Waals surface area contributed by atoms with Crippen LogP contribution in [0.2, 0.25) is 0 Å². The second kappa shape index (κ2) is 11.4. The molecule has 3 aromatic carbocycles. The molecule has 1 unspecified atom stereocenters. The number of nitrogens with one attached hydrogen (secondary N) is 1. The van der Waals surface area contributed by atoms with Crippen molar-refractivity contribution in [1.82, 2.24) is 20.3 Å². The minimum atomic E-state index is -0.837. The SMILES string of the molecule is Cc1ccc(C(C(=O)NCCC(C)C)N(C(=O)Cn2nnc3ccccc32)c2cc(C)cc(C)c2)cc1. The van der Waals surface area contributed by atoms with Gasteiger partial charge < -0.3 is 5.32 Å². The summed E-state index contributed by atoms with van der Waals surface area (Å²) >= 11 is 0. The van der Waals surface area contributed by atoms with Crippen molar-refractivity contribution in [2.75, 3.05) is 11.4 Å². The van der Waals surface area contributed by atoms with Gasteiger partial charge in [-0.2, -0.15) is 0 Å². The number of fused-ring (bicyclic) bond motifs is 1.